The van der Waals surface area contributed by atoms with Gasteiger partial charge >= 0.3 is 0 Å². The van der Waals surface area contributed by atoms with Crippen molar-refractivity contribution >= 4 is 17.5 Å². The summed E-state index contributed by atoms with van der Waals surface area (Å²) in [5.74, 6) is -0.266. The minimum Gasteiger partial charge on any atom is -0.380 e. The number of likely N-dealkylation sites (tertiary alicyclic amines) is 1. The van der Waals surface area contributed by atoms with E-state index in [9.17, 15) is 9.59 Å². The van der Waals surface area contributed by atoms with E-state index < -0.39 is 6.04 Å². The van der Waals surface area contributed by atoms with Gasteiger partial charge in [-0.3, -0.25) is 14.5 Å². The molecule has 20 heavy (non-hydrogen) atoms. The summed E-state index contributed by atoms with van der Waals surface area (Å²) in [6, 6.07) is 7.10. The van der Waals surface area contributed by atoms with Crippen molar-refractivity contribution in [3.63, 3.8) is 0 Å². The van der Waals surface area contributed by atoms with Gasteiger partial charge in [0.05, 0.1) is 13.0 Å². The number of anilines is 1. The Morgan fingerprint density at radius 3 is 2.75 bits per heavy atom. The summed E-state index contributed by atoms with van der Waals surface area (Å²) in [6.45, 7) is 4.21. The smallest absolute Gasteiger partial charge is 0.252 e. The predicted molar refractivity (Wildman–Crippen MR) is 76.2 cm³/mol. The van der Waals surface area contributed by atoms with Crippen LogP contribution in [-0.2, 0) is 20.9 Å². The predicted octanol–water partition coefficient (Wildman–Crippen LogP) is 1.78. The lowest BCUT2D eigenvalue weighted by Crippen LogP contribution is -2.39. The Morgan fingerprint density at radius 1 is 1.40 bits per heavy atom. The van der Waals surface area contributed by atoms with Crippen LogP contribution in [0.2, 0.25) is 0 Å². The summed E-state index contributed by atoms with van der Waals surface area (Å²) in [6.07, 6.45) is 0.214. The number of carbonyl (C=O) groups excluding carboxylic acids is 2. The summed E-state index contributed by atoms with van der Waals surface area (Å²) in [5, 5.41) is 3.14. The number of nitrogens with one attached hydrogen (secondary N) is 1. The monoisotopic (exact) mass is 276 g/mol. The molecular weight excluding hydrogens is 256 g/mol. The fraction of sp³-hybridized carbons (Fsp3) is 0.467. The molecule has 0 spiro atoms. The van der Waals surface area contributed by atoms with Crippen molar-refractivity contribution in [2.75, 3.05) is 12.4 Å². The molecule has 0 radical (unpaired) electrons. The van der Waals surface area contributed by atoms with Gasteiger partial charge in [-0.1, -0.05) is 12.1 Å². The normalized spacial score (nSPS) is 19.0. The minimum atomic E-state index is -0.470. The number of hydrogen-bond acceptors (Lipinski definition) is 4. The zero-order chi connectivity index (χ0) is 14.7. The molecule has 1 fully saturated rings. The quantitative estimate of drug-likeness (QED) is 0.833. The number of benzene rings is 1. The van der Waals surface area contributed by atoms with Gasteiger partial charge in [0.1, 0.15) is 6.04 Å². The Kier molecular flexibility index (Phi) is 4.39. The molecule has 1 unspecified atom stereocenters. The van der Waals surface area contributed by atoms with Gasteiger partial charge in [0.25, 0.3) is 5.91 Å². The maximum Gasteiger partial charge on any atom is 0.252 e. The molecule has 1 aliphatic rings. The van der Waals surface area contributed by atoms with E-state index >= 15 is 0 Å². The number of amides is 2. The van der Waals surface area contributed by atoms with E-state index in [1.54, 1.807) is 7.11 Å². The molecule has 5 nitrogen and oxygen atoms in total. The summed E-state index contributed by atoms with van der Waals surface area (Å²) in [4.78, 5) is 25.4. The Balaban J connectivity index is 2.09. The fourth-order valence-corrected chi connectivity index (χ4v) is 2.43. The maximum atomic E-state index is 12.2. The third-order valence-electron chi connectivity index (χ3n) is 3.28. The molecule has 108 valence electrons. The molecule has 1 saturated heterocycles. The zero-order valence-corrected chi connectivity index (χ0v) is 12.1. The highest BCUT2D eigenvalue weighted by atomic mass is 16.5. The van der Waals surface area contributed by atoms with Crippen molar-refractivity contribution in [3.05, 3.63) is 29.8 Å². The van der Waals surface area contributed by atoms with E-state index in [0.717, 1.165) is 11.3 Å². The summed E-state index contributed by atoms with van der Waals surface area (Å²) in [7, 11) is 1.64. The van der Waals surface area contributed by atoms with Gasteiger partial charge in [-0.2, -0.15) is 0 Å². The highest BCUT2D eigenvalue weighted by Crippen LogP contribution is 2.21. The number of rotatable bonds is 5. The van der Waals surface area contributed by atoms with Gasteiger partial charge in [-0.15, -0.1) is 0 Å². The number of imide groups is 1. The maximum absolute atomic E-state index is 12.2. The molecule has 0 bridgehead atoms. The third-order valence-corrected chi connectivity index (χ3v) is 3.28. The molecule has 1 aliphatic heterocycles. The number of carbonyl (C=O) groups is 2. The lowest BCUT2D eigenvalue weighted by molar-refractivity contribution is -0.140. The van der Waals surface area contributed by atoms with E-state index in [4.69, 9.17) is 4.74 Å². The fourth-order valence-electron chi connectivity index (χ4n) is 2.43. The van der Waals surface area contributed by atoms with Crippen molar-refractivity contribution < 1.29 is 14.3 Å². The van der Waals surface area contributed by atoms with Crippen molar-refractivity contribution in [1.29, 1.82) is 0 Å². The summed E-state index contributed by atoms with van der Waals surface area (Å²) >= 11 is 0. The molecule has 0 aliphatic carbocycles. The van der Waals surface area contributed by atoms with Crippen molar-refractivity contribution in [3.8, 4) is 0 Å². The van der Waals surface area contributed by atoms with Gasteiger partial charge < -0.3 is 10.1 Å². The highest BCUT2D eigenvalue weighted by Gasteiger charge is 2.39. The van der Waals surface area contributed by atoms with Crippen LogP contribution < -0.4 is 5.32 Å². The van der Waals surface area contributed by atoms with E-state index in [1.807, 2.05) is 38.1 Å². The van der Waals surface area contributed by atoms with Crippen LogP contribution >= 0.6 is 0 Å². The zero-order valence-electron chi connectivity index (χ0n) is 12.1. The molecule has 5 heteroatoms. The Hall–Kier alpha value is -1.88. The molecule has 0 aromatic heterocycles. The minimum absolute atomic E-state index is 0.0957. The molecular formula is C15H20N2O3. The van der Waals surface area contributed by atoms with Crippen LogP contribution in [0.15, 0.2) is 24.3 Å². The van der Waals surface area contributed by atoms with E-state index in [0.29, 0.717) is 6.61 Å². The molecule has 1 heterocycles. The molecule has 1 N–H and O–H groups in total. The Bertz CT molecular complexity index is 514. The first-order valence-corrected chi connectivity index (χ1v) is 6.73. The molecule has 0 saturated carbocycles. The van der Waals surface area contributed by atoms with Gasteiger partial charge in [0.15, 0.2) is 0 Å². The Labute approximate surface area is 118 Å². The van der Waals surface area contributed by atoms with Gasteiger partial charge in [0.2, 0.25) is 5.91 Å². The van der Waals surface area contributed by atoms with Crippen LogP contribution in [0.5, 0.6) is 0 Å². The van der Waals surface area contributed by atoms with E-state index in [2.05, 4.69) is 5.32 Å². The second-order valence-corrected chi connectivity index (χ2v) is 5.23. The number of ether oxygens (including phenoxy) is 1. The second-order valence-electron chi connectivity index (χ2n) is 5.23. The largest absolute Gasteiger partial charge is 0.380 e. The summed E-state index contributed by atoms with van der Waals surface area (Å²) in [5.41, 5.74) is 1.85. The highest BCUT2D eigenvalue weighted by molar-refractivity contribution is 6.07. The van der Waals surface area contributed by atoms with Crippen LogP contribution in [0.4, 0.5) is 5.69 Å². The van der Waals surface area contributed by atoms with E-state index in [-0.39, 0.29) is 24.3 Å². The average Bonchev–Trinajstić information content (AvgIpc) is 2.65. The topological polar surface area (TPSA) is 58.6 Å². The van der Waals surface area contributed by atoms with Crippen molar-refractivity contribution in [1.82, 2.24) is 4.90 Å². The molecule has 1 atom stereocenters. The van der Waals surface area contributed by atoms with E-state index in [1.165, 1.54) is 4.90 Å². The second kappa shape index (κ2) is 6.05. The first kappa shape index (κ1) is 14.5. The van der Waals surface area contributed by atoms with Crippen LogP contribution in [0.3, 0.4) is 0 Å². The van der Waals surface area contributed by atoms with Crippen molar-refractivity contribution in [2.45, 2.75) is 39.0 Å². The van der Waals surface area contributed by atoms with Gasteiger partial charge in [-0.05, 0) is 31.5 Å². The van der Waals surface area contributed by atoms with Gasteiger partial charge in [-0.25, -0.2) is 0 Å². The first-order valence-electron chi connectivity index (χ1n) is 6.73. The first-order chi connectivity index (χ1) is 9.52. The lowest BCUT2D eigenvalue weighted by Gasteiger charge is -2.19. The molecule has 1 aromatic carbocycles. The van der Waals surface area contributed by atoms with Crippen LogP contribution in [0.25, 0.3) is 0 Å². The van der Waals surface area contributed by atoms with Crippen molar-refractivity contribution in [2.24, 2.45) is 0 Å². The van der Waals surface area contributed by atoms with Crippen LogP contribution in [0, 0.1) is 0 Å². The van der Waals surface area contributed by atoms with Gasteiger partial charge in [0, 0.05) is 18.8 Å². The lowest BCUT2D eigenvalue weighted by atomic mass is 10.2. The third kappa shape index (κ3) is 2.99. The number of methoxy groups -OCH3 is 1. The van der Waals surface area contributed by atoms with Crippen LogP contribution in [-0.4, -0.2) is 35.9 Å². The number of hydrogen-bond donors (Lipinski definition) is 1. The molecule has 2 rings (SSSR count). The Morgan fingerprint density at radius 2 is 2.15 bits per heavy atom. The number of nitrogens with zero attached hydrogens (tertiary/aromatic N) is 1. The molecule has 2 amide bonds. The SMILES string of the molecule is COCc1cccc(NC2CC(=O)N(C(C)C)C2=O)c1. The summed E-state index contributed by atoms with van der Waals surface area (Å²) < 4.78 is 5.08. The standard InChI is InChI=1S/C15H20N2O3/c1-10(2)17-14(18)8-13(15(17)19)16-12-6-4-5-11(7-12)9-20-3/h4-7,10,13,16H,8-9H2,1-3H3. The van der Waals surface area contributed by atoms with Crippen LogP contribution in [0.1, 0.15) is 25.8 Å². The molecule has 1 aromatic rings. The average molecular weight is 276 g/mol.